The number of aryl methyl sites for hydroxylation is 1. The number of amides is 1. The highest BCUT2D eigenvalue weighted by atomic mass is 35.5. The molecule has 0 spiro atoms. The van der Waals surface area contributed by atoms with Gasteiger partial charge in [0.25, 0.3) is 5.91 Å². The number of benzene rings is 2. The molecule has 2 aromatic rings. The second kappa shape index (κ2) is 8.62. The molecule has 1 heterocycles. The van der Waals surface area contributed by atoms with E-state index in [1.807, 2.05) is 20.8 Å². The first-order chi connectivity index (χ1) is 13.6. The maximum absolute atomic E-state index is 13.2. The fraction of sp³-hybridized carbons (Fsp3) is 0.350. The van der Waals surface area contributed by atoms with Gasteiger partial charge in [0.05, 0.1) is 17.2 Å². The van der Waals surface area contributed by atoms with E-state index in [4.69, 9.17) is 27.9 Å². The van der Waals surface area contributed by atoms with Gasteiger partial charge in [-0.25, -0.2) is 8.42 Å². The lowest BCUT2D eigenvalue weighted by molar-refractivity contribution is -0.0440. The first-order valence-electron chi connectivity index (χ1n) is 9.10. The quantitative estimate of drug-likeness (QED) is 0.741. The van der Waals surface area contributed by atoms with Crippen molar-refractivity contribution in [3.63, 3.8) is 0 Å². The minimum absolute atomic E-state index is 0.0623. The van der Waals surface area contributed by atoms with Crippen LogP contribution >= 0.6 is 23.2 Å². The predicted molar refractivity (Wildman–Crippen MR) is 114 cm³/mol. The lowest BCUT2D eigenvalue weighted by Gasteiger charge is -2.34. The Labute approximate surface area is 180 Å². The van der Waals surface area contributed by atoms with Crippen molar-refractivity contribution in [2.45, 2.75) is 37.9 Å². The molecule has 29 heavy (non-hydrogen) atoms. The van der Waals surface area contributed by atoms with Crippen molar-refractivity contribution in [1.29, 1.82) is 0 Å². The summed E-state index contributed by atoms with van der Waals surface area (Å²) in [4.78, 5) is 12.6. The van der Waals surface area contributed by atoms with Gasteiger partial charge < -0.3 is 10.1 Å². The average Bonchev–Trinajstić information content (AvgIpc) is 2.64. The van der Waals surface area contributed by atoms with Crippen LogP contribution in [-0.4, -0.2) is 43.9 Å². The summed E-state index contributed by atoms with van der Waals surface area (Å²) in [6.07, 6.45) is -0.464. The zero-order valence-electron chi connectivity index (χ0n) is 16.3. The van der Waals surface area contributed by atoms with Crippen LogP contribution in [0.1, 0.15) is 29.8 Å². The van der Waals surface area contributed by atoms with Gasteiger partial charge in [0.2, 0.25) is 10.0 Å². The Hall–Kier alpha value is -1.64. The van der Waals surface area contributed by atoms with Gasteiger partial charge in [-0.3, -0.25) is 4.79 Å². The normalized spacial score (nSPS) is 20.4. The first kappa shape index (κ1) is 22.1. The fourth-order valence-electron chi connectivity index (χ4n) is 3.23. The molecule has 0 aromatic heterocycles. The van der Waals surface area contributed by atoms with Crippen molar-refractivity contribution in [3.8, 4) is 0 Å². The van der Waals surface area contributed by atoms with Gasteiger partial charge >= 0.3 is 0 Å². The van der Waals surface area contributed by atoms with Gasteiger partial charge in [0.15, 0.2) is 0 Å². The van der Waals surface area contributed by atoms with E-state index < -0.39 is 15.9 Å². The number of nitrogens with zero attached hydrogens (tertiary/aromatic N) is 1. The molecule has 2 unspecified atom stereocenters. The summed E-state index contributed by atoms with van der Waals surface area (Å²) in [5.74, 6) is -0.452. The number of carbonyl (C=O) groups is 1. The third kappa shape index (κ3) is 4.92. The Morgan fingerprint density at radius 2 is 1.76 bits per heavy atom. The minimum atomic E-state index is -3.88. The van der Waals surface area contributed by atoms with Gasteiger partial charge in [-0.2, -0.15) is 4.31 Å². The van der Waals surface area contributed by atoms with Gasteiger partial charge in [0.1, 0.15) is 4.90 Å². The third-order valence-corrected chi connectivity index (χ3v) is 7.19. The van der Waals surface area contributed by atoms with E-state index >= 15 is 0 Å². The van der Waals surface area contributed by atoms with Crippen molar-refractivity contribution in [1.82, 2.24) is 4.31 Å². The molecule has 6 nitrogen and oxygen atoms in total. The monoisotopic (exact) mass is 456 g/mol. The molecule has 1 amide bonds. The molecule has 0 saturated carbocycles. The number of sulfonamides is 1. The summed E-state index contributed by atoms with van der Waals surface area (Å²) in [6, 6.07) is 9.36. The maximum atomic E-state index is 13.2. The lowest BCUT2D eigenvalue weighted by Crippen LogP contribution is -2.48. The summed E-state index contributed by atoms with van der Waals surface area (Å²) < 4.78 is 33.3. The summed E-state index contributed by atoms with van der Waals surface area (Å²) in [5.41, 5.74) is 1.57. The fourth-order valence-corrected chi connectivity index (χ4v) is 5.49. The van der Waals surface area contributed by atoms with E-state index in [1.165, 1.54) is 22.5 Å². The largest absolute Gasteiger partial charge is 0.373 e. The van der Waals surface area contributed by atoms with Gasteiger partial charge in [-0.05, 0) is 56.7 Å². The van der Waals surface area contributed by atoms with E-state index in [0.717, 1.165) is 5.56 Å². The van der Waals surface area contributed by atoms with Crippen molar-refractivity contribution in [2.75, 3.05) is 18.4 Å². The second-order valence-corrected chi connectivity index (χ2v) is 9.89. The zero-order chi connectivity index (χ0) is 21.3. The number of rotatable bonds is 4. The standard InChI is InChI=1S/C20H22Cl2N2O4S/c1-12-4-6-16(21)9-18(12)23-20(25)15-5-7-17(22)19(8-15)29(26,27)24-10-13(2)28-14(3)11-24/h4-9,13-14H,10-11H2,1-3H3,(H,23,25). The molecule has 1 saturated heterocycles. The van der Waals surface area contributed by atoms with Crippen LogP contribution in [0.25, 0.3) is 0 Å². The molecule has 1 fully saturated rings. The molecule has 0 aliphatic carbocycles. The lowest BCUT2D eigenvalue weighted by atomic mass is 10.1. The molecule has 1 aliphatic heterocycles. The van der Waals surface area contributed by atoms with E-state index in [-0.39, 0.29) is 40.8 Å². The minimum Gasteiger partial charge on any atom is -0.373 e. The molecule has 3 rings (SSSR count). The van der Waals surface area contributed by atoms with Crippen LogP contribution in [0.2, 0.25) is 10.0 Å². The number of carbonyl (C=O) groups excluding carboxylic acids is 1. The van der Waals surface area contributed by atoms with Gasteiger partial charge in [0, 0.05) is 29.4 Å². The highest BCUT2D eigenvalue weighted by Gasteiger charge is 2.33. The molecular weight excluding hydrogens is 435 g/mol. The predicted octanol–water partition coefficient (Wildman–Crippen LogP) is 4.35. The maximum Gasteiger partial charge on any atom is 0.255 e. The van der Waals surface area contributed by atoms with Crippen LogP contribution in [0.15, 0.2) is 41.3 Å². The molecule has 1 aliphatic rings. The van der Waals surface area contributed by atoms with E-state index in [2.05, 4.69) is 5.32 Å². The van der Waals surface area contributed by atoms with E-state index in [9.17, 15) is 13.2 Å². The topological polar surface area (TPSA) is 75.7 Å². The smallest absolute Gasteiger partial charge is 0.255 e. The Morgan fingerprint density at radius 3 is 2.41 bits per heavy atom. The summed E-state index contributed by atoms with van der Waals surface area (Å²) in [6.45, 7) is 5.92. The summed E-state index contributed by atoms with van der Waals surface area (Å²) in [7, 11) is -3.88. The molecular formula is C20H22Cl2N2O4S. The highest BCUT2D eigenvalue weighted by molar-refractivity contribution is 7.89. The van der Waals surface area contributed by atoms with Crippen LogP contribution in [0, 0.1) is 6.92 Å². The van der Waals surface area contributed by atoms with E-state index in [0.29, 0.717) is 10.7 Å². The zero-order valence-corrected chi connectivity index (χ0v) is 18.6. The van der Waals surface area contributed by atoms with Crippen molar-refractivity contribution in [2.24, 2.45) is 0 Å². The SMILES string of the molecule is Cc1ccc(Cl)cc1NC(=O)c1ccc(Cl)c(S(=O)(=O)N2CC(C)OC(C)C2)c1. The number of ether oxygens (including phenoxy) is 1. The Bertz CT molecular complexity index is 1030. The number of morpholine rings is 1. The Kier molecular flexibility index (Phi) is 6.55. The van der Waals surface area contributed by atoms with Crippen LogP contribution in [0.5, 0.6) is 0 Å². The van der Waals surface area contributed by atoms with Crippen molar-refractivity contribution in [3.05, 3.63) is 57.6 Å². The number of anilines is 1. The number of hydrogen-bond donors (Lipinski definition) is 1. The second-order valence-electron chi connectivity index (χ2n) is 7.14. The first-order valence-corrected chi connectivity index (χ1v) is 11.3. The van der Waals surface area contributed by atoms with Gasteiger partial charge in [-0.1, -0.05) is 29.3 Å². The van der Waals surface area contributed by atoms with Crippen LogP contribution < -0.4 is 5.32 Å². The molecule has 9 heteroatoms. The highest BCUT2D eigenvalue weighted by Crippen LogP contribution is 2.29. The van der Waals surface area contributed by atoms with E-state index in [1.54, 1.807) is 18.2 Å². The molecule has 1 N–H and O–H groups in total. The summed E-state index contributed by atoms with van der Waals surface area (Å²) in [5, 5.41) is 3.31. The molecule has 2 aromatic carbocycles. The molecule has 0 bridgehead atoms. The summed E-state index contributed by atoms with van der Waals surface area (Å²) >= 11 is 12.2. The van der Waals surface area contributed by atoms with Crippen LogP contribution in [0.3, 0.4) is 0 Å². The Balaban J connectivity index is 1.91. The van der Waals surface area contributed by atoms with Gasteiger partial charge in [-0.15, -0.1) is 0 Å². The van der Waals surface area contributed by atoms with Crippen LogP contribution in [-0.2, 0) is 14.8 Å². The van der Waals surface area contributed by atoms with Crippen molar-refractivity contribution >= 4 is 44.8 Å². The van der Waals surface area contributed by atoms with Crippen molar-refractivity contribution < 1.29 is 17.9 Å². The number of hydrogen-bond acceptors (Lipinski definition) is 4. The third-order valence-electron chi connectivity index (χ3n) is 4.65. The Morgan fingerprint density at radius 1 is 1.10 bits per heavy atom. The number of nitrogens with one attached hydrogen (secondary N) is 1. The van der Waals surface area contributed by atoms with Crippen LogP contribution in [0.4, 0.5) is 5.69 Å². The molecule has 2 atom stereocenters. The number of halogens is 2. The molecule has 156 valence electrons. The average molecular weight is 457 g/mol. The molecule has 0 radical (unpaired) electrons.